The number of aromatic nitrogens is 4. The van der Waals surface area contributed by atoms with E-state index in [9.17, 15) is 10.2 Å². The summed E-state index contributed by atoms with van der Waals surface area (Å²) in [5.41, 5.74) is 27.3. The molecule has 4 aromatic heterocycles. The van der Waals surface area contributed by atoms with Gasteiger partial charge in [0.15, 0.2) is 0 Å². The van der Waals surface area contributed by atoms with Crippen LogP contribution in [0, 0.1) is 5.41 Å². The molecule has 0 aliphatic carbocycles. The lowest BCUT2D eigenvalue weighted by Gasteiger charge is -2.42. The first-order chi connectivity index (χ1) is 25.8. The van der Waals surface area contributed by atoms with Crippen LogP contribution in [0.5, 0.6) is 0 Å². The number of hydrogen-bond donors (Lipinski definition) is 6. The SMILES string of the molecule is CC1(N)CCN(c2ccc(Sc3ccnc(N)c3Cl)nc2CO)CC1.C[C@@H]1OCC2(CCN(c3ccc(Sc4ccnc(N)c4Cl)nc3CO)CC2)[C@@H]1N.S.S. The summed E-state index contributed by atoms with van der Waals surface area (Å²) in [6.45, 7) is 8.10. The van der Waals surface area contributed by atoms with Gasteiger partial charge in [-0.05, 0) is 75.9 Å². The first-order valence-corrected chi connectivity index (χ1v) is 20.2. The largest absolute Gasteiger partial charge is 0.390 e. The number of anilines is 4. The van der Waals surface area contributed by atoms with Crippen molar-refractivity contribution in [1.82, 2.24) is 19.9 Å². The maximum atomic E-state index is 9.93. The summed E-state index contributed by atoms with van der Waals surface area (Å²) in [4.78, 5) is 23.3. The Balaban J connectivity index is 0.000000243. The van der Waals surface area contributed by atoms with Crippen LogP contribution < -0.4 is 32.7 Å². The Kier molecular flexibility index (Phi) is 16.5. The Bertz CT molecular complexity index is 1930. The summed E-state index contributed by atoms with van der Waals surface area (Å²) in [5, 5.41) is 22.0. The summed E-state index contributed by atoms with van der Waals surface area (Å²) in [5.74, 6) is 0.588. The first kappa shape index (κ1) is 46.3. The number of hydrogen-bond acceptors (Lipinski definition) is 15. The molecule has 0 amide bonds. The summed E-state index contributed by atoms with van der Waals surface area (Å²) in [6, 6.07) is 11.6. The van der Waals surface area contributed by atoms with Gasteiger partial charge in [0.25, 0.3) is 0 Å². The molecule has 0 aromatic carbocycles. The molecule has 19 heteroatoms. The Labute approximate surface area is 360 Å². The smallest absolute Gasteiger partial charge is 0.143 e. The Morgan fingerprint density at radius 2 is 1.20 bits per heavy atom. The number of halogens is 2. The second-order valence-corrected chi connectivity index (χ2v) is 17.2. The number of nitrogens with zero attached hydrogens (tertiary/aromatic N) is 6. The second kappa shape index (κ2) is 20.0. The average Bonchev–Trinajstić information content (AvgIpc) is 3.44. The molecule has 10 N–H and O–H groups in total. The third-order valence-electron chi connectivity index (χ3n) is 10.5. The quantitative estimate of drug-likeness (QED) is 0.127. The van der Waals surface area contributed by atoms with Crippen molar-refractivity contribution in [2.24, 2.45) is 16.9 Å². The fraction of sp³-hybridized carbons (Fsp3) is 0.459. The van der Waals surface area contributed by atoms with Crippen LogP contribution in [0.2, 0.25) is 10.0 Å². The number of nitrogen functional groups attached to an aromatic ring is 2. The van der Waals surface area contributed by atoms with Crippen LogP contribution in [0.15, 0.2) is 68.6 Å². The molecular formula is C37H52Cl2N10O3S4. The Morgan fingerprint density at radius 3 is 1.59 bits per heavy atom. The van der Waals surface area contributed by atoms with Crippen LogP contribution in [-0.2, 0) is 18.0 Å². The summed E-state index contributed by atoms with van der Waals surface area (Å²) in [6.07, 6.45) is 7.13. The number of nitrogens with two attached hydrogens (primary N) is 4. The third kappa shape index (κ3) is 10.6. The molecule has 3 aliphatic rings. The number of piperidine rings is 2. The van der Waals surface area contributed by atoms with Crippen LogP contribution in [0.4, 0.5) is 23.0 Å². The second-order valence-electron chi connectivity index (χ2n) is 14.3. The summed E-state index contributed by atoms with van der Waals surface area (Å²) < 4.78 is 5.81. The van der Waals surface area contributed by atoms with Crippen molar-refractivity contribution >= 4 is 96.7 Å². The van der Waals surface area contributed by atoms with Gasteiger partial charge in [-0.15, -0.1) is 0 Å². The van der Waals surface area contributed by atoms with E-state index in [4.69, 9.17) is 50.9 Å². The molecule has 1 spiro atoms. The molecule has 7 rings (SSSR count). The van der Waals surface area contributed by atoms with Crippen LogP contribution in [-0.4, -0.2) is 80.6 Å². The maximum absolute atomic E-state index is 9.93. The van der Waals surface area contributed by atoms with Crippen LogP contribution in [0.3, 0.4) is 0 Å². The number of aliphatic hydroxyl groups is 2. The molecule has 2 atom stereocenters. The highest BCUT2D eigenvalue weighted by atomic mass is 35.5. The molecule has 306 valence electrons. The molecular weight excluding hydrogens is 832 g/mol. The normalized spacial score (nSPS) is 19.8. The topological polar surface area (TPSA) is 212 Å². The van der Waals surface area contributed by atoms with Crippen molar-refractivity contribution in [3.05, 3.63) is 70.2 Å². The van der Waals surface area contributed by atoms with E-state index in [1.807, 2.05) is 24.3 Å². The van der Waals surface area contributed by atoms with Gasteiger partial charge >= 0.3 is 0 Å². The van der Waals surface area contributed by atoms with Crippen molar-refractivity contribution in [2.75, 3.05) is 54.1 Å². The fourth-order valence-electron chi connectivity index (χ4n) is 7.06. The molecule has 0 saturated carbocycles. The molecule has 0 unspecified atom stereocenters. The highest BCUT2D eigenvalue weighted by molar-refractivity contribution is 7.99. The van der Waals surface area contributed by atoms with E-state index >= 15 is 0 Å². The molecule has 13 nitrogen and oxygen atoms in total. The zero-order chi connectivity index (χ0) is 38.6. The van der Waals surface area contributed by atoms with Gasteiger partial charge in [0.1, 0.15) is 21.7 Å². The lowest BCUT2D eigenvalue weighted by molar-refractivity contribution is 0.0974. The molecule has 56 heavy (non-hydrogen) atoms. The predicted molar refractivity (Wildman–Crippen MR) is 238 cm³/mol. The zero-order valence-corrected chi connectivity index (χ0v) is 36.6. The molecule has 0 bridgehead atoms. The van der Waals surface area contributed by atoms with E-state index in [0.29, 0.717) is 33.1 Å². The van der Waals surface area contributed by atoms with Crippen molar-refractivity contribution < 1.29 is 14.9 Å². The van der Waals surface area contributed by atoms with Gasteiger partial charge in [0.05, 0.1) is 58.7 Å². The number of aliphatic hydroxyl groups excluding tert-OH is 2. The van der Waals surface area contributed by atoms with Crippen molar-refractivity contribution in [2.45, 2.75) is 90.3 Å². The van der Waals surface area contributed by atoms with Crippen molar-refractivity contribution in [3.63, 3.8) is 0 Å². The Hall–Kier alpha value is -2.42. The van der Waals surface area contributed by atoms with E-state index in [2.05, 4.69) is 43.6 Å². The van der Waals surface area contributed by atoms with Gasteiger partial charge in [-0.25, -0.2) is 19.9 Å². The third-order valence-corrected chi connectivity index (χ3v) is 13.5. The fourth-order valence-corrected chi connectivity index (χ4v) is 9.20. The van der Waals surface area contributed by atoms with Gasteiger partial charge in [-0.2, -0.15) is 27.0 Å². The molecule has 3 saturated heterocycles. The minimum atomic E-state index is -0.128. The summed E-state index contributed by atoms with van der Waals surface area (Å²) in [7, 11) is 0. The van der Waals surface area contributed by atoms with Crippen LogP contribution in [0.1, 0.15) is 50.9 Å². The van der Waals surface area contributed by atoms with E-state index in [1.54, 1.807) is 24.5 Å². The average molecular weight is 884 g/mol. The lowest BCUT2D eigenvalue weighted by Crippen LogP contribution is -2.50. The predicted octanol–water partition coefficient (Wildman–Crippen LogP) is 5.59. The standard InChI is InChI=1S/C20H26ClN5O2S.C17H22ClN5OS.2H2S/c1-12-18(22)20(11-28-12)5-8-26(9-6-20)14-2-3-16(25-13(14)10-27)29-15-4-7-24-19(23)17(15)21;1-17(20)5-8-23(9-6-17)12-2-3-14(22-11(12)10-24)25-13-4-7-21-16(19)15(13)18;;/h2-4,7,12,18,27H,5-6,8-11,22H2,1H3,(H2,23,24);2-4,7,24H,5-6,8-10,20H2,1H3,(H2,19,21);2*1H2/t12-,18+;;;/m0.../s1. The summed E-state index contributed by atoms with van der Waals surface area (Å²) >= 11 is 15.2. The van der Waals surface area contributed by atoms with Crippen LogP contribution in [0.25, 0.3) is 0 Å². The highest BCUT2D eigenvalue weighted by Gasteiger charge is 2.47. The molecule has 7 heterocycles. The molecule has 0 radical (unpaired) electrons. The molecule has 3 aliphatic heterocycles. The van der Waals surface area contributed by atoms with Crippen molar-refractivity contribution in [1.29, 1.82) is 0 Å². The van der Waals surface area contributed by atoms with Gasteiger partial charge in [-0.3, -0.25) is 0 Å². The number of rotatable bonds is 8. The van der Waals surface area contributed by atoms with Crippen LogP contribution >= 0.6 is 73.7 Å². The number of ether oxygens (including phenoxy) is 1. The first-order valence-electron chi connectivity index (χ1n) is 17.9. The zero-order valence-electron chi connectivity index (χ0n) is 31.4. The minimum Gasteiger partial charge on any atom is -0.390 e. The monoisotopic (exact) mass is 882 g/mol. The minimum absolute atomic E-state index is 0. The van der Waals surface area contributed by atoms with E-state index in [0.717, 1.165) is 89.7 Å². The maximum Gasteiger partial charge on any atom is 0.143 e. The molecule has 4 aromatic rings. The van der Waals surface area contributed by atoms with Crippen molar-refractivity contribution in [3.8, 4) is 0 Å². The van der Waals surface area contributed by atoms with Gasteiger partial charge in [0.2, 0.25) is 0 Å². The van der Waals surface area contributed by atoms with Gasteiger partial charge in [-0.1, -0.05) is 46.7 Å². The van der Waals surface area contributed by atoms with E-state index in [1.165, 1.54) is 23.5 Å². The van der Waals surface area contributed by atoms with E-state index in [-0.39, 0.29) is 63.3 Å². The highest BCUT2D eigenvalue weighted by Crippen LogP contribution is 2.43. The van der Waals surface area contributed by atoms with Gasteiger partial charge in [0, 0.05) is 65.4 Å². The van der Waals surface area contributed by atoms with E-state index < -0.39 is 0 Å². The Morgan fingerprint density at radius 1 is 0.768 bits per heavy atom. The lowest BCUT2D eigenvalue weighted by atomic mass is 9.73. The van der Waals surface area contributed by atoms with Gasteiger partial charge < -0.3 is 47.7 Å². The molecule has 3 fully saturated rings. The number of pyridine rings is 4.